The predicted octanol–water partition coefficient (Wildman–Crippen LogP) is 7.95. The first-order valence-electron chi connectivity index (χ1n) is 11.7. The molecule has 180 valence electrons. The fraction of sp³-hybridized carbons (Fsp3) is 0.296. The highest BCUT2D eigenvalue weighted by molar-refractivity contribution is 9.10. The Bertz CT molecular complexity index is 1300. The minimum Gasteiger partial charge on any atom is -0.462 e. The molecule has 0 saturated heterocycles. The largest absolute Gasteiger partial charge is 0.462 e. The van der Waals surface area contributed by atoms with Crippen molar-refractivity contribution in [2.24, 2.45) is 11.0 Å². The van der Waals surface area contributed by atoms with Gasteiger partial charge in [-0.15, -0.1) is 0 Å². The number of hydrogen-bond acceptors (Lipinski definition) is 6. The third-order valence-corrected chi connectivity index (χ3v) is 8.55. The van der Waals surface area contributed by atoms with Crippen LogP contribution >= 0.6 is 43.2 Å². The molecular formula is C27H25Br2N3O2S. The van der Waals surface area contributed by atoms with E-state index < -0.39 is 0 Å². The first-order valence-corrected chi connectivity index (χ1v) is 14.1. The van der Waals surface area contributed by atoms with Crippen molar-refractivity contribution >= 4 is 66.1 Å². The molecule has 2 heterocycles. The van der Waals surface area contributed by atoms with Crippen molar-refractivity contribution in [1.82, 2.24) is 4.98 Å². The molecule has 0 N–H and O–H groups in total. The average Bonchev–Trinajstić information content (AvgIpc) is 3.43. The Labute approximate surface area is 226 Å². The third kappa shape index (κ3) is 5.01. The summed E-state index contributed by atoms with van der Waals surface area (Å²) in [5.41, 5.74) is 5.43. The molecule has 0 radical (unpaired) electrons. The van der Waals surface area contributed by atoms with Gasteiger partial charge in [-0.25, -0.2) is 14.8 Å². The second-order valence-corrected chi connectivity index (χ2v) is 11.5. The number of carbonyl (C=O) groups excluding carboxylic acids is 1. The number of ether oxygens (including phenoxy) is 1. The van der Waals surface area contributed by atoms with E-state index in [0.29, 0.717) is 17.2 Å². The van der Waals surface area contributed by atoms with E-state index >= 15 is 0 Å². The van der Waals surface area contributed by atoms with Crippen molar-refractivity contribution in [3.05, 3.63) is 84.7 Å². The Hall–Kier alpha value is -2.29. The number of fused-ring (bicyclic) bond motifs is 1. The number of aryl methyl sites for hydroxylation is 1. The first kappa shape index (κ1) is 24.4. The van der Waals surface area contributed by atoms with Gasteiger partial charge in [-0.2, -0.15) is 5.10 Å². The van der Waals surface area contributed by atoms with Crippen molar-refractivity contribution < 1.29 is 9.53 Å². The zero-order chi connectivity index (χ0) is 24.5. The van der Waals surface area contributed by atoms with E-state index in [1.54, 1.807) is 0 Å². The summed E-state index contributed by atoms with van der Waals surface area (Å²) >= 11 is 8.44. The molecule has 35 heavy (non-hydrogen) atoms. The number of halogens is 2. The van der Waals surface area contributed by atoms with Gasteiger partial charge in [0.15, 0.2) is 0 Å². The maximum absolute atomic E-state index is 12.5. The Morgan fingerprint density at radius 1 is 1.14 bits per heavy atom. The topological polar surface area (TPSA) is 54.8 Å². The van der Waals surface area contributed by atoms with Crippen LogP contribution in [0.4, 0.5) is 5.13 Å². The highest BCUT2D eigenvalue weighted by atomic mass is 79.9. The van der Waals surface area contributed by atoms with Crippen molar-refractivity contribution in [2.45, 2.75) is 39.2 Å². The van der Waals surface area contributed by atoms with Crippen LogP contribution in [0.5, 0.6) is 0 Å². The van der Waals surface area contributed by atoms with Crippen molar-refractivity contribution in [3.63, 3.8) is 0 Å². The average molecular weight is 615 g/mol. The second kappa shape index (κ2) is 10.4. The first-order chi connectivity index (χ1) is 16.9. The lowest BCUT2D eigenvalue weighted by Crippen LogP contribution is -2.28. The van der Waals surface area contributed by atoms with Crippen molar-refractivity contribution in [1.29, 1.82) is 0 Å². The molecule has 2 aliphatic rings. The molecule has 0 amide bonds. The Morgan fingerprint density at radius 2 is 1.83 bits per heavy atom. The third-order valence-electron chi connectivity index (χ3n) is 6.37. The van der Waals surface area contributed by atoms with Gasteiger partial charge in [-0.05, 0) is 80.2 Å². The minimum atomic E-state index is -0.325. The van der Waals surface area contributed by atoms with Gasteiger partial charge in [-0.1, -0.05) is 67.5 Å². The number of thiazole rings is 1. The number of benzene rings is 2. The van der Waals surface area contributed by atoms with Crippen LogP contribution in [-0.2, 0) is 4.74 Å². The van der Waals surface area contributed by atoms with E-state index in [1.165, 1.54) is 28.0 Å². The lowest BCUT2D eigenvalue weighted by atomic mass is 9.77. The molecule has 1 saturated carbocycles. The lowest BCUT2D eigenvalue weighted by Gasteiger charge is -2.29. The molecule has 1 aliphatic carbocycles. The lowest BCUT2D eigenvalue weighted by molar-refractivity contribution is 0.0531. The molecule has 2 aromatic carbocycles. The van der Waals surface area contributed by atoms with Gasteiger partial charge in [0.25, 0.3) is 0 Å². The summed E-state index contributed by atoms with van der Waals surface area (Å²) < 4.78 is 7.36. The predicted molar refractivity (Wildman–Crippen MR) is 149 cm³/mol. The quantitative estimate of drug-likeness (QED) is 0.274. The molecule has 8 heteroatoms. The molecule has 1 aromatic heterocycles. The number of carbonyl (C=O) groups is 1. The molecule has 5 nitrogen and oxygen atoms in total. The van der Waals surface area contributed by atoms with E-state index in [-0.39, 0.29) is 17.9 Å². The molecule has 1 fully saturated rings. The molecule has 5 rings (SSSR count). The zero-order valence-corrected chi connectivity index (χ0v) is 23.5. The van der Waals surface area contributed by atoms with E-state index in [0.717, 1.165) is 39.1 Å². The van der Waals surface area contributed by atoms with Gasteiger partial charge in [0.05, 0.1) is 24.1 Å². The maximum Gasteiger partial charge on any atom is 0.350 e. The Morgan fingerprint density at radius 3 is 2.51 bits per heavy atom. The Kier molecular flexibility index (Phi) is 7.23. The fourth-order valence-corrected chi connectivity index (χ4v) is 6.25. The number of hydrogen-bond donors (Lipinski definition) is 0. The van der Waals surface area contributed by atoms with Crippen LogP contribution in [-0.4, -0.2) is 23.3 Å². The molecule has 0 bridgehead atoms. The highest BCUT2D eigenvalue weighted by Gasteiger charge is 2.43. The van der Waals surface area contributed by atoms with Crippen LogP contribution < -0.4 is 5.01 Å². The molecule has 1 aliphatic heterocycles. The molecule has 2 unspecified atom stereocenters. The van der Waals surface area contributed by atoms with Gasteiger partial charge in [0.2, 0.25) is 5.13 Å². The van der Waals surface area contributed by atoms with Gasteiger partial charge in [0.1, 0.15) is 4.88 Å². The smallest absolute Gasteiger partial charge is 0.350 e. The van der Waals surface area contributed by atoms with Crippen LogP contribution in [0.25, 0.3) is 6.08 Å². The summed E-state index contributed by atoms with van der Waals surface area (Å²) in [6, 6.07) is 16.8. The summed E-state index contributed by atoms with van der Waals surface area (Å²) in [7, 11) is 0. The number of hydrazone groups is 1. The molecule has 3 aromatic rings. The minimum absolute atomic E-state index is 0.0207. The summed E-state index contributed by atoms with van der Waals surface area (Å²) in [6.45, 7) is 4.01. The molecule has 0 spiro atoms. The maximum atomic E-state index is 12.5. The molecule has 2 atom stereocenters. The molecular weight excluding hydrogens is 590 g/mol. The van der Waals surface area contributed by atoms with Gasteiger partial charge in [0, 0.05) is 14.9 Å². The van der Waals surface area contributed by atoms with Crippen LogP contribution in [0.1, 0.15) is 58.7 Å². The number of aromatic nitrogens is 1. The number of allylic oxidation sites excluding steroid dienone is 1. The summed E-state index contributed by atoms with van der Waals surface area (Å²) in [6.07, 6.45) is 5.43. The van der Waals surface area contributed by atoms with Crippen LogP contribution in [0, 0.1) is 12.8 Å². The van der Waals surface area contributed by atoms with E-state index in [1.807, 2.05) is 18.9 Å². The standard InChI is InChI=1S/C27H25Br2N3O2S/c1-3-34-26(33)25-16(2)30-27(35-25)32-24(18-9-13-21(29)14-10-18)22-6-4-5-19(23(22)31-32)15-17-7-11-20(28)12-8-17/h7-15,22,24H,3-6H2,1-2H3. The second-order valence-electron chi connectivity index (χ2n) is 8.68. The van der Waals surface area contributed by atoms with Crippen LogP contribution in [0.15, 0.2) is 68.2 Å². The SMILES string of the molecule is CCOC(=O)c1sc(N2N=C3C(=Cc4ccc(Br)cc4)CCCC3C2c2ccc(Br)cc2)nc1C. The monoisotopic (exact) mass is 613 g/mol. The van der Waals surface area contributed by atoms with E-state index in [2.05, 4.69) is 86.5 Å². The van der Waals surface area contributed by atoms with Crippen LogP contribution in [0.3, 0.4) is 0 Å². The fourth-order valence-electron chi connectivity index (χ4n) is 4.78. The van der Waals surface area contributed by atoms with Crippen LogP contribution in [0.2, 0.25) is 0 Å². The van der Waals surface area contributed by atoms with E-state index in [4.69, 9.17) is 14.8 Å². The number of anilines is 1. The number of esters is 1. The van der Waals surface area contributed by atoms with Gasteiger partial charge >= 0.3 is 5.97 Å². The van der Waals surface area contributed by atoms with E-state index in [9.17, 15) is 4.79 Å². The summed E-state index contributed by atoms with van der Waals surface area (Å²) in [4.78, 5) is 17.8. The van der Waals surface area contributed by atoms with Crippen molar-refractivity contribution in [2.75, 3.05) is 11.6 Å². The highest BCUT2D eigenvalue weighted by Crippen LogP contribution is 2.47. The number of nitrogens with zero attached hydrogens (tertiary/aromatic N) is 3. The zero-order valence-electron chi connectivity index (χ0n) is 19.5. The normalized spacial score (nSPS) is 20.6. The van der Waals surface area contributed by atoms with Gasteiger partial charge in [-0.3, -0.25) is 0 Å². The number of rotatable bonds is 5. The summed E-state index contributed by atoms with van der Waals surface area (Å²) in [5, 5.41) is 7.93. The van der Waals surface area contributed by atoms with Crippen molar-refractivity contribution in [3.8, 4) is 0 Å². The van der Waals surface area contributed by atoms with Gasteiger partial charge < -0.3 is 4.74 Å². The summed E-state index contributed by atoms with van der Waals surface area (Å²) in [5.74, 6) is -0.0732. The Balaban J connectivity index is 1.58.